The van der Waals surface area contributed by atoms with Crippen LogP contribution in [0.5, 0.6) is 5.75 Å². The Morgan fingerprint density at radius 3 is 2.57 bits per heavy atom. The van der Waals surface area contributed by atoms with E-state index in [1.165, 1.54) is 0 Å². The number of ether oxygens (including phenoxy) is 1. The van der Waals surface area contributed by atoms with Crippen molar-refractivity contribution in [3.63, 3.8) is 0 Å². The molecule has 1 aliphatic rings. The molecular formula is C19H20N2O2. The van der Waals surface area contributed by atoms with E-state index in [2.05, 4.69) is 17.2 Å². The number of hydrogen-bond acceptors (Lipinski definition) is 3. The fourth-order valence-electron chi connectivity index (χ4n) is 2.83. The molecule has 0 bridgehead atoms. The highest BCUT2D eigenvalue weighted by Gasteiger charge is 2.37. The summed E-state index contributed by atoms with van der Waals surface area (Å²) in [5, 5.41) is 6.59. The van der Waals surface area contributed by atoms with Gasteiger partial charge < -0.3 is 15.4 Å². The fraction of sp³-hybridized carbons (Fsp3) is 0.211. The van der Waals surface area contributed by atoms with E-state index < -0.39 is 5.66 Å². The molecule has 1 aliphatic heterocycles. The highest BCUT2D eigenvalue weighted by Crippen LogP contribution is 2.34. The summed E-state index contributed by atoms with van der Waals surface area (Å²) < 4.78 is 5.52. The molecule has 0 fully saturated rings. The zero-order valence-corrected chi connectivity index (χ0v) is 13.1. The molecule has 0 aliphatic carbocycles. The van der Waals surface area contributed by atoms with Crippen molar-refractivity contribution >= 4 is 11.6 Å². The minimum atomic E-state index is -0.609. The molecule has 3 rings (SSSR count). The van der Waals surface area contributed by atoms with Gasteiger partial charge in [-0.25, -0.2) is 0 Å². The quantitative estimate of drug-likeness (QED) is 0.829. The number of para-hydroxylation sites is 1. The zero-order chi connectivity index (χ0) is 16.3. The maximum atomic E-state index is 12.5. The number of benzene rings is 2. The third-order valence-corrected chi connectivity index (χ3v) is 4.09. The molecule has 0 saturated heterocycles. The molecule has 4 heteroatoms. The van der Waals surface area contributed by atoms with Crippen LogP contribution in [0.15, 0.2) is 61.2 Å². The minimum Gasteiger partial charge on any atom is -0.490 e. The summed E-state index contributed by atoms with van der Waals surface area (Å²) in [5.74, 6) is 0.718. The Kier molecular flexibility index (Phi) is 4.06. The van der Waals surface area contributed by atoms with Gasteiger partial charge in [0.25, 0.3) is 5.91 Å². The lowest BCUT2D eigenvalue weighted by molar-refractivity contribution is 0.0896. The van der Waals surface area contributed by atoms with Crippen molar-refractivity contribution in [1.29, 1.82) is 0 Å². The van der Waals surface area contributed by atoms with E-state index in [1.54, 1.807) is 6.08 Å². The fourth-order valence-corrected chi connectivity index (χ4v) is 2.83. The van der Waals surface area contributed by atoms with Gasteiger partial charge in [0.15, 0.2) is 0 Å². The minimum absolute atomic E-state index is 0.0619. The number of anilines is 1. The molecule has 23 heavy (non-hydrogen) atoms. The highest BCUT2D eigenvalue weighted by atomic mass is 16.5. The van der Waals surface area contributed by atoms with Crippen LogP contribution in [-0.4, -0.2) is 12.5 Å². The average Bonchev–Trinajstić information content (AvgIpc) is 2.60. The van der Waals surface area contributed by atoms with Crippen LogP contribution in [0, 0.1) is 0 Å². The average molecular weight is 308 g/mol. The third-order valence-electron chi connectivity index (χ3n) is 4.09. The Labute approximate surface area is 136 Å². The van der Waals surface area contributed by atoms with E-state index in [0.29, 0.717) is 12.2 Å². The number of carbonyl (C=O) groups excluding carboxylic acids is 1. The number of amides is 1. The molecule has 1 amide bonds. The van der Waals surface area contributed by atoms with Gasteiger partial charge in [-0.05, 0) is 36.2 Å². The van der Waals surface area contributed by atoms with Crippen molar-refractivity contribution in [2.75, 3.05) is 11.9 Å². The van der Waals surface area contributed by atoms with Gasteiger partial charge in [-0.1, -0.05) is 43.8 Å². The molecule has 118 valence electrons. The van der Waals surface area contributed by atoms with Crippen molar-refractivity contribution in [2.24, 2.45) is 0 Å². The largest absolute Gasteiger partial charge is 0.490 e. The standard InChI is InChI=1S/C19H20N2O2/c1-3-13-23-15-11-9-14(10-12-15)19(4-2)20-17-8-6-5-7-16(17)18(22)21-19/h3,5-12,20H,1,4,13H2,2H3,(H,21,22). The molecule has 1 unspecified atom stereocenters. The Balaban J connectivity index is 1.93. The first-order valence-electron chi connectivity index (χ1n) is 7.72. The van der Waals surface area contributed by atoms with Crippen LogP contribution in [-0.2, 0) is 5.66 Å². The first-order chi connectivity index (χ1) is 11.2. The third kappa shape index (κ3) is 2.80. The van der Waals surface area contributed by atoms with Gasteiger partial charge in [-0.2, -0.15) is 0 Å². The predicted octanol–water partition coefficient (Wildman–Crippen LogP) is 3.67. The molecule has 4 nitrogen and oxygen atoms in total. The number of hydrogen-bond donors (Lipinski definition) is 2. The van der Waals surface area contributed by atoms with Gasteiger partial charge in [0.1, 0.15) is 18.0 Å². The Hall–Kier alpha value is -2.75. The zero-order valence-electron chi connectivity index (χ0n) is 13.1. The lowest BCUT2D eigenvalue weighted by Gasteiger charge is -2.40. The second kappa shape index (κ2) is 6.16. The molecule has 2 N–H and O–H groups in total. The van der Waals surface area contributed by atoms with Crippen LogP contribution in [0.4, 0.5) is 5.69 Å². The van der Waals surface area contributed by atoms with Crippen molar-refractivity contribution in [1.82, 2.24) is 5.32 Å². The van der Waals surface area contributed by atoms with Gasteiger partial charge in [0.05, 0.1) is 5.56 Å². The second-order valence-corrected chi connectivity index (χ2v) is 5.51. The maximum absolute atomic E-state index is 12.5. The summed E-state index contributed by atoms with van der Waals surface area (Å²) in [6, 6.07) is 15.3. The Morgan fingerprint density at radius 1 is 1.13 bits per heavy atom. The van der Waals surface area contributed by atoms with Crippen molar-refractivity contribution in [3.05, 3.63) is 72.3 Å². The molecule has 0 spiro atoms. The van der Waals surface area contributed by atoms with Gasteiger partial charge >= 0.3 is 0 Å². The van der Waals surface area contributed by atoms with E-state index in [1.807, 2.05) is 55.5 Å². The molecule has 1 heterocycles. The molecule has 0 radical (unpaired) electrons. The van der Waals surface area contributed by atoms with Crippen LogP contribution >= 0.6 is 0 Å². The molecule has 0 aromatic heterocycles. The predicted molar refractivity (Wildman–Crippen MR) is 91.6 cm³/mol. The van der Waals surface area contributed by atoms with Crippen molar-refractivity contribution < 1.29 is 9.53 Å². The van der Waals surface area contributed by atoms with Crippen molar-refractivity contribution in [3.8, 4) is 5.75 Å². The van der Waals surface area contributed by atoms with E-state index in [4.69, 9.17) is 4.74 Å². The smallest absolute Gasteiger partial charge is 0.255 e. The van der Waals surface area contributed by atoms with Crippen LogP contribution in [0.3, 0.4) is 0 Å². The highest BCUT2D eigenvalue weighted by molar-refractivity contribution is 6.02. The van der Waals surface area contributed by atoms with Gasteiger partial charge in [-0.3, -0.25) is 4.79 Å². The Morgan fingerprint density at radius 2 is 1.87 bits per heavy atom. The number of rotatable bonds is 5. The van der Waals surface area contributed by atoms with E-state index in [-0.39, 0.29) is 5.91 Å². The summed E-state index contributed by atoms with van der Waals surface area (Å²) >= 11 is 0. The lowest BCUT2D eigenvalue weighted by atomic mass is 9.92. The number of nitrogens with one attached hydrogen (secondary N) is 2. The van der Waals surface area contributed by atoms with Crippen LogP contribution in [0.1, 0.15) is 29.3 Å². The summed E-state index contributed by atoms with van der Waals surface area (Å²) in [7, 11) is 0. The molecular weight excluding hydrogens is 288 g/mol. The number of carbonyl (C=O) groups is 1. The lowest BCUT2D eigenvalue weighted by Crippen LogP contribution is -2.54. The maximum Gasteiger partial charge on any atom is 0.255 e. The molecule has 0 saturated carbocycles. The van der Waals surface area contributed by atoms with Crippen LogP contribution in [0.2, 0.25) is 0 Å². The molecule has 1 atom stereocenters. The normalized spacial score (nSPS) is 19.3. The first kappa shape index (κ1) is 15.2. The van der Waals surface area contributed by atoms with Crippen molar-refractivity contribution in [2.45, 2.75) is 19.0 Å². The van der Waals surface area contributed by atoms with Crippen LogP contribution in [0.25, 0.3) is 0 Å². The second-order valence-electron chi connectivity index (χ2n) is 5.51. The van der Waals surface area contributed by atoms with Gasteiger partial charge in [0, 0.05) is 5.69 Å². The van der Waals surface area contributed by atoms with Crippen LogP contribution < -0.4 is 15.4 Å². The monoisotopic (exact) mass is 308 g/mol. The summed E-state index contributed by atoms with van der Waals surface area (Å²) in [4.78, 5) is 12.5. The number of fused-ring (bicyclic) bond motifs is 1. The van der Waals surface area contributed by atoms with Gasteiger partial charge in [-0.15, -0.1) is 0 Å². The summed E-state index contributed by atoms with van der Waals surface area (Å²) in [6.07, 6.45) is 2.43. The van der Waals surface area contributed by atoms with Gasteiger partial charge in [0.2, 0.25) is 0 Å². The molecule has 2 aromatic rings. The summed E-state index contributed by atoms with van der Waals surface area (Å²) in [6.45, 7) is 6.16. The van der Waals surface area contributed by atoms with E-state index in [9.17, 15) is 4.79 Å². The first-order valence-corrected chi connectivity index (χ1v) is 7.72. The summed E-state index contributed by atoms with van der Waals surface area (Å²) in [5.41, 5.74) is 1.91. The topological polar surface area (TPSA) is 50.4 Å². The molecule has 2 aromatic carbocycles. The SMILES string of the molecule is C=CCOc1ccc(C2(CC)NC(=O)c3ccccc3N2)cc1. The van der Waals surface area contributed by atoms with E-state index >= 15 is 0 Å². The van der Waals surface area contributed by atoms with E-state index in [0.717, 1.165) is 23.4 Å². The Bertz CT molecular complexity index is 724.